The molecular weight excluding hydrogens is 348 g/mol. The van der Waals surface area contributed by atoms with Crippen LogP contribution >= 0.6 is 11.8 Å². The van der Waals surface area contributed by atoms with Crippen molar-refractivity contribution < 1.29 is 14.3 Å². The van der Waals surface area contributed by atoms with E-state index < -0.39 is 0 Å². The Hall–Kier alpha value is -2.73. The molecule has 0 saturated carbocycles. The summed E-state index contributed by atoms with van der Waals surface area (Å²) < 4.78 is 5.85. The number of ether oxygens (including phenoxy) is 1. The highest BCUT2D eigenvalue weighted by molar-refractivity contribution is 8.18. The smallest absolute Gasteiger partial charge is 0.290 e. The number of benzene rings is 2. The van der Waals surface area contributed by atoms with Gasteiger partial charge in [0.15, 0.2) is 0 Å². The number of thioether (sulfide) groups is 1. The van der Waals surface area contributed by atoms with E-state index >= 15 is 0 Å². The van der Waals surface area contributed by atoms with E-state index in [-0.39, 0.29) is 11.1 Å². The summed E-state index contributed by atoms with van der Waals surface area (Å²) in [6.45, 7) is 2.50. The van der Waals surface area contributed by atoms with E-state index in [4.69, 9.17) is 4.74 Å². The van der Waals surface area contributed by atoms with Crippen molar-refractivity contribution in [1.29, 1.82) is 0 Å². The predicted molar refractivity (Wildman–Crippen MR) is 103 cm³/mol. The molecule has 1 fully saturated rings. The minimum absolute atomic E-state index is 0.329. The van der Waals surface area contributed by atoms with Gasteiger partial charge in [-0.3, -0.25) is 14.9 Å². The Balaban J connectivity index is 1.32. The summed E-state index contributed by atoms with van der Waals surface area (Å²) in [6.07, 6.45) is 2.80. The second kappa shape index (κ2) is 7.25. The largest absolute Gasteiger partial charge is 0.492 e. The Kier molecular flexibility index (Phi) is 4.67. The number of para-hydroxylation sites is 1. The van der Waals surface area contributed by atoms with Crippen LogP contribution in [-0.2, 0) is 11.2 Å². The Morgan fingerprint density at radius 2 is 1.92 bits per heavy atom. The monoisotopic (exact) mass is 366 g/mol. The summed E-state index contributed by atoms with van der Waals surface area (Å²) in [4.78, 5) is 25.5. The molecule has 0 aromatic heterocycles. The highest BCUT2D eigenvalue weighted by atomic mass is 32.2. The highest BCUT2D eigenvalue weighted by Gasteiger charge is 2.24. The van der Waals surface area contributed by atoms with Crippen molar-refractivity contribution in [1.82, 2.24) is 5.32 Å². The number of rotatable bonds is 5. The third kappa shape index (κ3) is 3.60. The minimum atomic E-state index is -0.341. The van der Waals surface area contributed by atoms with Crippen molar-refractivity contribution >= 4 is 34.7 Å². The number of amides is 2. The predicted octanol–water partition coefficient (Wildman–Crippen LogP) is 3.45. The first-order chi connectivity index (χ1) is 12.7. The van der Waals surface area contributed by atoms with Gasteiger partial charge in [-0.15, -0.1) is 0 Å². The Morgan fingerprint density at radius 1 is 1.12 bits per heavy atom. The first-order valence-electron chi connectivity index (χ1n) is 8.49. The normalized spacial score (nSPS) is 17.5. The third-order valence-electron chi connectivity index (χ3n) is 4.43. The second-order valence-corrected chi connectivity index (χ2v) is 7.15. The zero-order chi connectivity index (χ0) is 17.9. The summed E-state index contributed by atoms with van der Waals surface area (Å²) >= 11 is 0.920. The molecule has 2 amide bonds. The van der Waals surface area contributed by atoms with Crippen LogP contribution in [0.2, 0.25) is 0 Å². The highest BCUT2D eigenvalue weighted by Crippen LogP contribution is 2.27. The van der Waals surface area contributed by atoms with Crippen LogP contribution in [0.5, 0.6) is 5.75 Å². The molecule has 0 atom stereocenters. The zero-order valence-electron chi connectivity index (χ0n) is 14.1. The van der Waals surface area contributed by atoms with Crippen molar-refractivity contribution in [3.8, 4) is 5.75 Å². The molecule has 6 heteroatoms. The Labute approximate surface area is 156 Å². The second-order valence-electron chi connectivity index (χ2n) is 6.14. The molecule has 5 nitrogen and oxygen atoms in total. The number of anilines is 1. The van der Waals surface area contributed by atoms with Gasteiger partial charge in [-0.2, -0.15) is 0 Å². The number of carbonyl (C=O) groups excluding carboxylic acids is 2. The molecule has 1 saturated heterocycles. The number of imide groups is 1. The van der Waals surface area contributed by atoms with Crippen LogP contribution in [0.1, 0.15) is 11.1 Å². The fraction of sp³-hybridized carbons (Fsp3) is 0.200. The van der Waals surface area contributed by atoms with Crippen LogP contribution in [0.25, 0.3) is 6.08 Å². The topological polar surface area (TPSA) is 58.6 Å². The number of nitrogens with one attached hydrogen (secondary N) is 1. The van der Waals surface area contributed by atoms with Crippen LogP contribution in [0.3, 0.4) is 0 Å². The lowest BCUT2D eigenvalue weighted by Gasteiger charge is -2.19. The van der Waals surface area contributed by atoms with Gasteiger partial charge in [0, 0.05) is 12.2 Å². The van der Waals surface area contributed by atoms with Crippen LogP contribution < -0.4 is 15.0 Å². The summed E-state index contributed by atoms with van der Waals surface area (Å²) in [5.41, 5.74) is 3.57. The Morgan fingerprint density at radius 3 is 2.69 bits per heavy atom. The maximum atomic E-state index is 11.6. The van der Waals surface area contributed by atoms with Gasteiger partial charge in [0.1, 0.15) is 12.4 Å². The quantitative estimate of drug-likeness (QED) is 0.822. The van der Waals surface area contributed by atoms with E-state index in [1.54, 1.807) is 6.08 Å². The number of fused-ring (bicyclic) bond motifs is 1. The van der Waals surface area contributed by atoms with Crippen molar-refractivity contribution in [2.24, 2.45) is 0 Å². The van der Waals surface area contributed by atoms with Gasteiger partial charge in [0.05, 0.1) is 11.4 Å². The maximum Gasteiger partial charge on any atom is 0.290 e. The number of hydrogen-bond acceptors (Lipinski definition) is 5. The summed E-state index contributed by atoms with van der Waals surface area (Å²) in [5.74, 6) is 0.449. The summed E-state index contributed by atoms with van der Waals surface area (Å²) in [5, 5.41) is 1.92. The standard InChI is InChI=1S/C20H18N2O3S/c23-19-18(26-20(24)21-19)13-14-5-7-16(8-6-14)25-12-11-22-10-9-15-3-1-2-4-17(15)22/h1-8,13H,9-12H2,(H,21,23,24)/b18-13-. The summed E-state index contributed by atoms with van der Waals surface area (Å²) in [7, 11) is 0. The molecule has 2 aliphatic heterocycles. The maximum absolute atomic E-state index is 11.6. The molecule has 0 aliphatic carbocycles. The van der Waals surface area contributed by atoms with Gasteiger partial charge >= 0.3 is 0 Å². The molecule has 0 spiro atoms. The van der Waals surface area contributed by atoms with Gasteiger partial charge in [0.2, 0.25) is 0 Å². The molecule has 0 bridgehead atoms. The van der Waals surface area contributed by atoms with Crippen LogP contribution in [0.4, 0.5) is 10.5 Å². The van der Waals surface area contributed by atoms with Gasteiger partial charge in [-0.1, -0.05) is 30.3 Å². The third-order valence-corrected chi connectivity index (χ3v) is 5.24. The molecule has 26 heavy (non-hydrogen) atoms. The lowest BCUT2D eigenvalue weighted by molar-refractivity contribution is -0.115. The van der Waals surface area contributed by atoms with Crippen molar-refractivity contribution in [2.45, 2.75) is 6.42 Å². The van der Waals surface area contributed by atoms with Crippen LogP contribution in [0.15, 0.2) is 53.4 Å². The van der Waals surface area contributed by atoms with Gasteiger partial charge < -0.3 is 9.64 Å². The van der Waals surface area contributed by atoms with Crippen molar-refractivity contribution in [3.05, 3.63) is 64.6 Å². The van der Waals surface area contributed by atoms with Gasteiger partial charge in [-0.25, -0.2) is 0 Å². The first kappa shape index (κ1) is 16.7. The molecule has 4 rings (SSSR count). The van der Waals surface area contributed by atoms with E-state index in [2.05, 4.69) is 34.5 Å². The van der Waals surface area contributed by atoms with Gasteiger partial charge in [0.25, 0.3) is 11.1 Å². The van der Waals surface area contributed by atoms with Crippen molar-refractivity contribution in [3.63, 3.8) is 0 Å². The van der Waals surface area contributed by atoms with Crippen molar-refractivity contribution in [2.75, 3.05) is 24.6 Å². The molecular formula is C20H18N2O3S. The SMILES string of the molecule is O=C1NC(=O)/C(=C/c2ccc(OCCN3CCc4ccccc43)cc2)S1. The molecule has 0 radical (unpaired) electrons. The lowest BCUT2D eigenvalue weighted by atomic mass is 10.2. The van der Waals surface area contributed by atoms with Crippen LogP contribution in [0, 0.1) is 0 Å². The average Bonchev–Trinajstić information content (AvgIpc) is 3.19. The minimum Gasteiger partial charge on any atom is -0.492 e. The molecule has 2 heterocycles. The number of nitrogens with zero attached hydrogens (tertiary/aromatic N) is 1. The molecule has 132 valence electrons. The average molecular weight is 366 g/mol. The first-order valence-corrected chi connectivity index (χ1v) is 9.31. The van der Waals surface area contributed by atoms with E-state index in [1.807, 2.05) is 24.3 Å². The zero-order valence-corrected chi connectivity index (χ0v) is 14.9. The molecule has 1 N–H and O–H groups in total. The molecule has 2 aliphatic rings. The molecule has 2 aromatic rings. The summed E-state index contributed by atoms with van der Waals surface area (Å²) in [6, 6.07) is 16.0. The van der Waals surface area contributed by atoms with E-state index in [9.17, 15) is 9.59 Å². The van der Waals surface area contributed by atoms with Crippen LogP contribution in [-0.4, -0.2) is 30.8 Å². The number of carbonyl (C=O) groups is 2. The number of hydrogen-bond donors (Lipinski definition) is 1. The Bertz CT molecular complexity index is 877. The fourth-order valence-electron chi connectivity index (χ4n) is 3.15. The van der Waals surface area contributed by atoms with E-state index in [0.29, 0.717) is 11.5 Å². The molecule has 0 unspecified atom stereocenters. The van der Waals surface area contributed by atoms with E-state index in [1.165, 1.54) is 11.3 Å². The fourth-order valence-corrected chi connectivity index (χ4v) is 3.83. The van der Waals surface area contributed by atoms with E-state index in [0.717, 1.165) is 42.6 Å². The van der Waals surface area contributed by atoms with Gasteiger partial charge in [-0.05, 0) is 53.6 Å². The molecule has 2 aromatic carbocycles. The lowest BCUT2D eigenvalue weighted by Crippen LogP contribution is -2.26.